The topological polar surface area (TPSA) is 103 Å². The highest BCUT2D eigenvalue weighted by Crippen LogP contribution is 2.31. The van der Waals surface area contributed by atoms with E-state index in [0.717, 1.165) is 18.1 Å². The molecule has 1 aliphatic heterocycles. The Bertz CT molecular complexity index is 834. The van der Waals surface area contributed by atoms with E-state index in [1.807, 2.05) is 5.32 Å². The van der Waals surface area contributed by atoms with Crippen LogP contribution in [0.15, 0.2) is 11.3 Å². The number of nitrogens with one attached hydrogen (secondary N) is 1. The fraction of sp³-hybridized carbons (Fsp3) is 0.267. The van der Waals surface area contributed by atoms with Crippen molar-refractivity contribution in [1.29, 1.82) is 5.26 Å². The van der Waals surface area contributed by atoms with Gasteiger partial charge in [0, 0.05) is 6.54 Å². The van der Waals surface area contributed by atoms with Crippen LogP contribution in [-0.4, -0.2) is 48.7 Å². The Morgan fingerprint density at radius 1 is 1.27 bits per heavy atom. The molecule has 138 valence electrons. The fourth-order valence-corrected chi connectivity index (χ4v) is 2.31. The van der Waals surface area contributed by atoms with Crippen LogP contribution in [-0.2, 0) is 14.3 Å². The normalized spacial score (nSPS) is 13.9. The summed E-state index contributed by atoms with van der Waals surface area (Å²) in [4.78, 5) is 25.0. The van der Waals surface area contributed by atoms with E-state index in [1.54, 1.807) is 0 Å². The molecular formula is C15H11F4N3O4. The van der Waals surface area contributed by atoms with Gasteiger partial charge in [-0.25, -0.2) is 22.4 Å². The summed E-state index contributed by atoms with van der Waals surface area (Å²) in [6.45, 7) is -1.01. The van der Waals surface area contributed by atoms with E-state index in [9.17, 15) is 27.2 Å². The van der Waals surface area contributed by atoms with Crippen LogP contribution in [0.3, 0.4) is 0 Å². The van der Waals surface area contributed by atoms with Crippen LogP contribution in [0.5, 0.6) is 0 Å². The lowest BCUT2D eigenvalue weighted by atomic mass is 10.1. The average Bonchev–Trinajstić information content (AvgIpc) is 2.93. The number of hydrogen-bond acceptors (Lipinski definition) is 6. The summed E-state index contributed by atoms with van der Waals surface area (Å²) < 4.78 is 59.9. The summed E-state index contributed by atoms with van der Waals surface area (Å²) in [5, 5.41) is 19.4. The van der Waals surface area contributed by atoms with Gasteiger partial charge in [-0.2, -0.15) is 5.26 Å². The second-order valence-corrected chi connectivity index (χ2v) is 5.04. The number of aliphatic hydroxyl groups excluding tert-OH is 1. The van der Waals surface area contributed by atoms with Gasteiger partial charge >= 0.3 is 5.97 Å². The number of hydrogen-bond donors (Lipinski definition) is 2. The first-order chi connectivity index (χ1) is 12.3. The van der Waals surface area contributed by atoms with Crippen LogP contribution in [0.1, 0.15) is 5.56 Å². The van der Waals surface area contributed by atoms with E-state index in [4.69, 9.17) is 10.4 Å². The summed E-state index contributed by atoms with van der Waals surface area (Å²) in [5.41, 5.74) is -3.86. The number of esters is 1. The molecule has 26 heavy (non-hydrogen) atoms. The molecule has 0 unspecified atom stereocenters. The molecular weight excluding hydrogens is 362 g/mol. The van der Waals surface area contributed by atoms with Gasteiger partial charge in [0.05, 0.1) is 25.8 Å². The first-order valence-corrected chi connectivity index (χ1v) is 7.03. The predicted octanol–water partition coefficient (Wildman–Crippen LogP) is 0.788. The lowest BCUT2D eigenvalue weighted by Crippen LogP contribution is -2.31. The molecule has 0 saturated heterocycles. The van der Waals surface area contributed by atoms with Crippen LogP contribution >= 0.6 is 0 Å². The monoisotopic (exact) mass is 373 g/mol. The van der Waals surface area contributed by atoms with Crippen molar-refractivity contribution in [2.45, 2.75) is 0 Å². The zero-order valence-electron chi connectivity index (χ0n) is 13.2. The van der Waals surface area contributed by atoms with Crippen molar-refractivity contribution in [3.8, 4) is 6.07 Å². The maximum absolute atomic E-state index is 14.0. The highest BCUT2D eigenvalue weighted by atomic mass is 19.2. The van der Waals surface area contributed by atoms with Crippen molar-refractivity contribution in [2.75, 3.05) is 32.1 Å². The summed E-state index contributed by atoms with van der Waals surface area (Å²) in [6.07, 6.45) is 0. The Hall–Kier alpha value is -3.13. The molecule has 0 radical (unpaired) electrons. The van der Waals surface area contributed by atoms with Crippen LogP contribution < -0.4 is 5.32 Å². The Kier molecular flexibility index (Phi) is 5.47. The van der Waals surface area contributed by atoms with E-state index in [1.165, 1.54) is 0 Å². The lowest BCUT2D eigenvalue weighted by molar-refractivity contribution is -0.136. The molecule has 0 fully saturated rings. The number of nitrogens with zero attached hydrogens (tertiary/aromatic N) is 2. The molecule has 1 aromatic carbocycles. The second kappa shape index (κ2) is 7.40. The highest BCUT2D eigenvalue weighted by Gasteiger charge is 2.36. The van der Waals surface area contributed by atoms with Gasteiger partial charge in [0.15, 0.2) is 23.3 Å². The number of halogens is 4. The third-order valence-corrected chi connectivity index (χ3v) is 3.58. The number of amides is 1. The maximum atomic E-state index is 14.0. The van der Waals surface area contributed by atoms with Gasteiger partial charge in [-0.05, 0) is 0 Å². The summed E-state index contributed by atoms with van der Waals surface area (Å²) >= 11 is 0. The van der Waals surface area contributed by atoms with Crippen molar-refractivity contribution in [2.24, 2.45) is 0 Å². The molecule has 1 amide bonds. The third-order valence-electron chi connectivity index (χ3n) is 3.58. The van der Waals surface area contributed by atoms with Crippen molar-refractivity contribution >= 4 is 17.6 Å². The minimum Gasteiger partial charge on any atom is -0.466 e. The van der Waals surface area contributed by atoms with Gasteiger partial charge in [0.2, 0.25) is 0 Å². The van der Waals surface area contributed by atoms with Gasteiger partial charge in [-0.15, -0.1) is 0 Å². The number of nitriles is 1. The molecule has 0 aromatic heterocycles. The summed E-state index contributed by atoms with van der Waals surface area (Å²) in [7, 11) is 0.994. The molecule has 1 heterocycles. The minimum absolute atomic E-state index is 0.203. The number of rotatable bonds is 5. The number of ether oxygens (including phenoxy) is 1. The molecule has 0 bridgehead atoms. The molecule has 11 heteroatoms. The fourth-order valence-electron chi connectivity index (χ4n) is 2.31. The number of methoxy groups -OCH3 is 1. The van der Waals surface area contributed by atoms with Gasteiger partial charge in [0.25, 0.3) is 5.91 Å². The largest absolute Gasteiger partial charge is 0.466 e. The zero-order chi connectivity index (χ0) is 19.6. The van der Waals surface area contributed by atoms with Gasteiger partial charge in [0.1, 0.15) is 23.0 Å². The molecule has 0 spiro atoms. The Labute approximate surface area is 144 Å². The van der Waals surface area contributed by atoms with E-state index in [-0.39, 0.29) is 18.7 Å². The number of β-amino-alcohol motifs (C(OH)–C–C–N with tert-alkyl or cyclic N) is 1. The van der Waals surface area contributed by atoms with E-state index in [2.05, 4.69) is 4.74 Å². The minimum atomic E-state index is -1.95. The maximum Gasteiger partial charge on any atom is 0.337 e. The Morgan fingerprint density at radius 2 is 1.85 bits per heavy atom. The average molecular weight is 373 g/mol. The predicted molar refractivity (Wildman–Crippen MR) is 77.3 cm³/mol. The van der Waals surface area contributed by atoms with Crippen molar-refractivity contribution < 1.29 is 37.0 Å². The first-order valence-electron chi connectivity index (χ1n) is 7.03. The molecule has 2 rings (SSSR count). The van der Waals surface area contributed by atoms with E-state index in [0.29, 0.717) is 0 Å². The zero-order valence-corrected chi connectivity index (χ0v) is 13.2. The Morgan fingerprint density at radius 3 is 2.31 bits per heavy atom. The molecule has 0 saturated carbocycles. The molecule has 0 aliphatic carbocycles. The smallest absolute Gasteiger partial charge is 0.337 e. The van der Waals surface area contributed by atoms with Gasteiger partial charge < -0.3 is 20.1 Å². The number of benzene rings is 1. The highest BCUT2D eigenvalue weighted by molar-refractivity contribution is 6.08. The van der Waals surface area contributed by atoms with Crippen molar-refractivity contribution in [1.82, 2.24) is 4.90 Å². The first kappa shape index (κ1) is 19.2. The second-order valence-electron chi connectivity index (χ2n) is 5.04. The number of carbonyl (C=O) groups excluding carboxylic acids is 2. The van der Waals surface area contributed by atoms with Gasteiger partial charge in [-0.3, -0.25) is 4.79 Å². The molecule has 7 nitrogen and oxygen atoms in total. The van der Waals surface area contributed by atoms with Crippen LogP contribution in [0.4, 0.5) is 23.2 Å². The lowest BCUT2D eigenvalue weighted by Gasteiger charge is -2.15. The van der Waals surface area contributed by atoms with Crippen molar-refractivity contribution in [3.63, 3.8) is 0 Å². The number of carbonyl (C=O) groups is 2. The SMILES string of the molecule is COC(=O)C1=C(Nc2c(F)c(F)c(C#N)c(F)c2F)C(=O)N(CCO)C1. The molecule has 1 aliphatic rings. The van der Waals surface area contributed by atoms with Crippen LogP contribution in [0.25, 0.3) is 0 Å². The number of anilines is 1. The van der Waals surface area contributed by atoms with E-state index < -0.39 is 58.7 Å². The molecule has 2 N–H and O–H groups in total. The number of aliphatic hydroxyl groups is 1. The van der Waals surface area contributed by atoms with Crippen LogP contribution in [0, 0.1) is 34.6 Å². The van der Waals surface area contributed by atoms with Gasteiger partial charge in [-0.1, -0.05) is 0 Å². The standard InChI is InChI=1S/C15H11F4N3O4/c1-26-15(25)7-5-22(2-3-23)14(24)12(7)21-13-10(18)8(16)6(4-20)9(17)11(13)19/h21,23H,2-3,5H2,1H3. The summed E-state index contributed by atoms with van der Waals surface area (Å²) in [5.74, 6) is -9.74. The summed E-state index contributed by atoms with van der Waals surface area (Å²) in [6, 6.07) is 0.988. The molecule has 0 atom stereocenters. The Balaban J connectivity index is 2.56. The quantitative estimate of drug-likeness (QED) is 0.449. The van der Waals surface area contributed by atoms with E-state index >= 15 is 0 Å². The van der Waals surface area contributed by atoms with Crippen molar-refractivity contribution in [3.05, 3.63) is 40.1 Å². The molecule has 1 aromatic rings. The third kappa shape index (κ3) is 3.06. The van der Waals surface area contributed by atoms with Crippen LogP contribution in [0.2, 0.25) is 0 Å².